The fourth-order valence-electron chi connectivity index (χ4n) is 1.76. The first-order valence-corrected chi connectivity index (χ1v) is 5.65. The average molecular weight is 215 g/mol. The highest BCUT2D eigenvalue weighted by molar-refractivity contribution is 5.62. The molecule has 1 heterocycles. The lowest BCUT2D eigenvalue weighted by Crippen LogP contribution is -2.02. The van der Waals surface area contributed by atoms with Gasteiger partial charge in [0, 0.05) is 18.3 Å². The van der Waals surface area contributed by atoms with Crippen LogP contribution in [0.15, 0.2) is 36.7 Å². The molecule has 3 nitrogen and oxygen atoms in total. The molecule has 0 fully saturated rings. The molecule has 0 saturated carbocycles. The Kier molecular flexibility index (Phi) is 3.37. The van der Waals surface area contributed by atoms with E-state index in [9.17, 15) is 0 Å². The van der Waals surface area contributed by atoms with Crippen molar-refractivity contribution in [3.63, 3.8) is 0 Å². The van der Waals surface area contributed by atoms with Crippen LogP contribution in [0.4, 0.5) is 0 Å². The Morgan fingerprint density at radius 3 is 2.88 bits per heavy atom. The van der Waals surface area contributed by atoms with E-state index in [1.165, 1.54) is 16.7 Å². The van der Waals surface area contributed by atoms with Crippen molar-refractivity contribution in [1.29, 1.82) is 0 Å². The minimum absolute atomic E-state index is 0.692. The Morgan fingerprint density at radius 2 is 2.19 bits per heavy atom. The van der Waals surface area contributed by atoms with Gasteiger partial charge in [0.2, 0.25) is 0 Å². The Morgan fingerprint density at radius 1 is 1.31 bits per heavy atom. The summed E-state index contributed by atoms with van der Waals surface area (Å²) in [5, 5.41) is 4.28. The minimum atomic E-state index is 0.692. The number of nitrogens with two attached hydrogens (primary N) is 1. The number of hydrogen-bond donors (Lipinski definition) is 1. The maximum absolute atomic E-state index is 5.56. The third-order valence-electron chi connectivity index (χ3n) is 2.65. The van der Waals surface area contributed by atoms with E-state index < -0.39 is 0 Å². The zero-order valence-electron chi connectivity index (χ0n) is 9.56. The summed E-state index contributed by atoms with van der Waals surface area (Å²) < 4.78 is 1.94. The number of benzene rings is 1. The van der Waals surface area contributed by atoms with Crippen molar-refractivity contribution < 1.29 is 0 Å². The molecule has 0 spiro atoms. The average Bonchev–Trinajstić information content (AvgIpc) is 2.78. The van der Waals surface area contributed by atoms with E-state index >= 15 is 0 Å². The van der Waals surface area contributed by atoms with Gasteiger partial charge in [-0.1, -0.05) is 24.3 Å². The topological polar surface area (TPSA) is 43.8 Å². The number of aromatic nitrogens is 2. The monoisotopic (exact) mass is 215 g/mol. The molecule has 0 radical (unpaired) electrons. The van der Waals surface area contributed by atoms with Gasteiger partial charge in [-0.3, -0.25) is 4.68 Å². The summed E-state index contributed by atoms with van der Waals surface area (Å²) in [5.74, 6) is 0. The minimum Gasteiger partial charge on any atom is -0.330 e. The normalized spacial score (nSPS) is 10.6. The second kappa shape index (κ2) is 4.94. The highest BCUT2D eigenvalue weighted by atomic mass is 15.3. The molecule has 2 rings (SSSR count). The maximum Gasteiger partial charge on any atom is 0.0568 e. The van der Waals surface area contributed by atoms with Crippen molar-refractivity contribution in [1.82, 2.24) is 9.78 Å². The molecule has 0 unspecified atom stereocenters. The summed E-state index contributed by atoms with van der Waals surface area (Å²) in [6.45, 7) is 3.68. The smallest absolute Gasteiger partial charge is 0.0568 e. The van der Waals surface area contributed by atoms with Gasteiger partial charge in [0.15, 0.2) is 0 Å². The van der Waals surface area contributed by atoms with Crippen LogP contribution < -0.4 is 5.73 Å². The predicted molar refractivity (Wildman–Crippen MR) is 66.1 cm³/mol. The first kappa shape index (κ1) is 10.9. The Labute approximate surface area is 95.9 Å². The molecule has 0 aliphatic carbocycles. The van der Waals surface area contributed by atoms with Gasteiger partial charge in [0.05, 0.1) is 6.20 Å². The van der Waals surface area contributed by atoms with Crippen LogP contribution in [0.2, 0.25) is 0 Å². The van der Waals surface area contributed by atoms with Crippen molar-refractivity contribution in [3.05, 3.63) is 42.2 Å². The molecule has 1 aromatic heterocycles. The first-order chi connectivity index (χ1) is 7.83. The molecule has 2 N–H and O–H groups in total. The molecule has 84 valence electrons. The molecule has 0 aliphatic heterocycles. The van der Waals surface area contributed by atoms with E-state index in [1.807, 2.05) is 10.9 Å². The van der Waals surface area contributed by atoms with Crippen molar-refractivity contribution in [2.24, 2.45) is 5.73 Å². The van der Waals surface area contributed by atoms with Crippen LogP contribution in [0.5, 0.6) is 0 Å². The van der Waals surface area contributed by atoms with Gasteiger partial charge >= 0.3 is 0 Å². The van der Waals surface area contributed by atoms with Gasteiger partial charge in [-0.25, -0.2) is 0 Å². The Bertz CT molecular complexity index is 460. The van der Waals surface area contributed by atoms with Gasteiger partial charge in [-0.05, 0) is 31.0 Å². The number of hydrogen-bond acceptors (Lipinski definition) is 2. The maximum atomic E-state index is 5.56. The first-order valence-electron chi connectivity index (χ1n) is 5.65. The fraction of sp³-hybridized carbons (Fsp3) is 0.308. The van der Waals surface area contributed by atoms with E-state index in [-0.39, 0.29) is 0 Å². The van der Waals surface area contributed by atoms with Crippen molar-refractivity contribution >= 4 is 0 Å². The largest absolute Gasteiger partial charge is 0.330 e. The number of rotatable bonds is 4. The molecule has 0 atom stereocenters. The molecule has 0 bridgehead atoms. The summed E-state index contributed by atoms with van der Waals surface area (Å²) in [6.07, 6.45) is 4.91. The van der Waals surface area contributed by atoms with Crippen molar-refractivity contribution in [2.45, 2.75) is 19.9 Å². The van der Waals surface area contributed by atoms with Crippen molar-refractivity contribution in [3.8, 4) is 11.1 Å². The highest BCUT2D eigenvalue weighted by Gasteiger charge is 2.01. The molecule has 2 aromatic rings. The van der Waals surface area contributed by atoms with Crippen LogP contribution in [0.1, 0.15) is 12.5 Å². The molecular weight excluding hydrogens is 198 g/mol. The highest BCUT2D eigenvalue weighted by Crippen LogP contribution is 2.19. The van der Waals surface area contributed by atoms with E-state index in [2.05, 4.69) is 42.5 Å². The molecule has 3 heteroatoms. The third-order valence-corrected chi connectivity index (χ3v) is 2.65. The molecule has 16 heavy (non-hydrogen) atoms. The second-order valence-corrected chi connectivity index (χ2v) is 3.82. The van der Waals surface area contributed by atoms with Crippen LogP contribution in [0.25, 0.3) is 11.1 Å². The fourth-order valence-corrected chi connectivity index (χ4v) is 1.76. The van der Waals surface area contributed by atoms with E-state index in [4.69, 9.17) is 5.73 Å². The predicted octanol–water partition coefficient (Wildman–Crippen LogP) is 2.07. The standard InChI is InChI=1S/C13H17N3/c1-2-16-10-13(9-15-16)12-5-3-4-11(8-12)6-7-14/h3-5,8-10H,2,6-7,14H2,1H3. The van der Waals surface area contributed by atoms with Crippen LogP contribution in [0.3, 0.4) is 0 Å². The molecule has 1 aromatic carbocycles. The van der Waals surface area contributed by atoms with Crippen LogP contribution in [-0.4, -0.2) is 16.3 Å². The second-order valence-electron chi connectivity index (χ2n) is 3.82. The molecular formula is C13H17N3. The van der Waals surface area contributed by atoms with Crippen LogP contribution >= 0.6 is 0 Å². The Hall–Kier alpha value is -1.61. The lowest BCUT2D eigenvalue weighted by Gasteiger charge is -2.01. The van der Waals surface area contributed by atoms with Gasteiger partial charge in [0.1, 0.15) is 0 Å². The molecule has 0 aliphatic rings. The quantitative estimate of drug-likeness (QED) is 0.848. The summed E-state index contributed by atoms with van der Waals surface area (Å²) in [4.78, 5) is 0. The van der Waals surface area contributed by atoms with Crippen molar-refractivity contribution in [2.75, 3.05) is 6.54 Å². The van der Waals surface area contributed by atoms with E-state index in [0.717, 1.165) is 13.0 Å². The van der Waals surface area contributed by atoms with Gasteiger partial charge in [0.25, 0.3) is 0 Å². The zero-order chi connectivity index (χ0) is 11.4. The summed E-state index contributed by atoms with van der Waals surface area (Å²) in [5.41, 5.74) is 9.22. The third kappa shape index (κ3) is 2.31. The molecule has 0 amide bonds. The zero-order valence-corrected chi connectivity index (χ0v) is 9.56. The van der Waals surface area contributed by atoms with E-state index in [0.29, 0.717) is 6.54 Å². The number of nitrogens with zero attached hydrogens (tertiary/aromatic N) is 2. The summed E-state index contributed by atoms with van der Waals surface area (Å²) in [6, 6.07) is 8.48. The lowest BCUT2D eigenvalue weighted by molar-refractivity contribution is 0.660. The van der Waals surface area contributed by atoms with Gasteiger partial charge < -0.3 is 5.73 Å². The summed E-state index contributed by atoms with van der Waals surface area (Å²) >= 11 is 0. The SMILES string of the molecule is CCn1cc(-c2cccc(CCN)c2)cn1. The van der Waals surface area contributed by atoms with Gasteiger partial charge in [-0.15, -0.1) is 0 Å². The molecule has 0 saturated heterocycles. The number of aryl methyl sites for hydroxylation is 1. The van der Waals surface area contributed by atoms with Gasteiger partial charge in [-0.2, -0.15) is 5.10 Å². The van der Waals surface area contributed by atoms with Crippen LogP contribution in [0, 0.1) is 0 Å². The summed E-state index contributed by atoms with van der Waals surface area (Å²) in [7, 11) is 0. The Balaban J connectivity index is 2.28. The lowest BCUT2D eigenvalue weighted by atomic mass is 10.0. The van der Waals surface area contributed by atoms with Crippen LogP contribution in [-0.2, 0) is 13.0 Å². The van der Waals surface area contributed by atoms with E-state index in [1.54, 1.807) is 0 Å².